The summed E-state index contributed by atoms with van der Waals surface area (Å²) in [5.74, 6) is 0.549. The van der Waals surface area contributed by atoms with Crippen molar-refractivity contribution in [1.82, 2.24) is 25.3 Å². The van der Waals surface area contributed by atoms with E-state index >= 15 is 0 Å². The minimum atomic E-state index is -0.222. The van der Waals surface area contributed by atoms with E-state index in [2.05, 4.69) is 20.6 Å². The number of rotatable bonds is 7. The number of H-pyrrole nitrogens is 1. The summed E-state index contributed by atoms with van der Waals surface area (Å²) >= 11 is 0. The number of aryl methyl sites for hydroxylation is 2. The number of hydrogen-bond donors (Lipinski definition) is 2. The summed E-state index contributed by atoms with van der Waals surface area (Å²) in [4.78, 5) is 12.3. The number of aromatic nitrogens is 4. The molecule has 2 heterocycles. The maximum atomic E-state index is 12.3. The summed E-state index contributed by atoms with van der Waals surface area (Å²) in [7, 11) is 0. The maximum absolute atomic E-state index is 12.3. The van der Waals surface area contributed by atoms with Crippen molar-refractivity contribution in [3.63, 3.8) is 0 Å². The number of benzene rings is 1. The first kappa shape index (κ1) is 17.7. The summed E-state index contributed by atoms with van der Waals surface area (Å²) in [6.45, 7) is 6.78. The number of para-hydroxylation sites is 1. The first-order valence-electron chi connectivity index (χ1n) is 8.56. The molecule has 2 N–H and O–H groups in total. The van der Waals surface area contributed by atoms with Crippen molar-refractivity contribution in [2.45, 2.75) is 33.4 Å². The molecule has 3 rings (SSSR count). The largest absolute Gasteiger partial charge is 0.487 e. The summed E-state index contributed by atoms with van der Waals surface area (Å²) < 4.78 is 7.56. The molecule has 0 aliphatic heterocycles. The number of nitrogens with zero attached hydrogens (tertiary/aromatic N) is 3. The van der Waals surface area contributed by atoms with Gasteiger partial charge in [0.05, 0.1) is 17.4 Å². The van der Waals surface area contributed by atoms with E-state index in [9.17, 15) is 4.79 Å². The second-order valence-corrected chi connectivity index (χ2v) is 6.31. The van der Waals surface area contributed by atoms with E-state index in [1.807, 2.05) is 61.9 Å². The lowest BCUT2D eigenvalue weighted by Crippen LogP contribution is -2.30. The third-order valence-electron chi connectivity index (χ3n) is 4.02. The van der Waals surface area contributed by atoms with Gasteiger partial charge >= 0.3 is 0 Å². The summed E-state index contributed by atoms with van der Waals surface area (Å²) in [6.07, 6.45) is 0. The number of carbonyl (C=O) groups excluding carboxylic acids is 1. The second kappa shape index (κ2) is 7.86. The van der Waals surface area contributed by atoms with Gasteiger partial charge in [-0.25, -0.2) is 0 Å². The van der Waals surface area contributed by atoms with Gasteiger partial charge in [-0.1, -0.05) is 18.2 Å². The minimum absolute atomic E-state index is 0.0625. The Morgan fingerprint density at radius 3 is 2.73 bits per heavy atom. The Balaban J connectivity index is 1.52. The Kier molecular flexibility index (Phi) is 5.36. The van der Waals surface area contributed by atoms with Gasteiger partial charge in [-0.15, -0.1) is 0 Å². The van der Waals surface area contributed by atoms with E-state index in [0.29, 0.717) is 18.8 Å². The number of aromatic amines is 1. The quantitative estimate of drug-likeness (QED) is 0.684. The third-order valence-corrected chi connectivity index (χ3v) is 4.02. The van der Waals surface area contributed by atoms with Crippen LogP contribution in [0.1, 0.15) is 40.5 Å². The number of amides is 1. The van der Waals surface area contributed by atoms with Crippen LogP contribution in [0, 0.1) is 13.8 Å². The lowest BCUT2D eigenvalue weighted by molar-refractivity contribution is 0.0942. The maximum Gasteiger partial charge on any atom is 0.271 e. The van der Waals surface area contributed by atoms with Crippen LogP contribution < -0.4 is 10.1 Å². The molecule has 26 heavy (non-hydrogen) atoms. The normalized spacial score (nSPS) is 12.0. The van der Waals surface area contributed by atoms with Gasteiger partial charge in [0, 0.05) is 12.2 Å². The lowest BCUT2D eigenvalue weighted by atomic mass is 10.3. The number of ether oxygens (including phenoxy) is 1. The smallest absolute Gasteiger partial charge is 0.271 e. The van der Waals surface area contributed by atoms with Gasteiger partial charge in [-0.05, 0) is 45.0 Å². The van der Waals surface area contributed by atoms with Gasteiger partial charge in [-0.2, -0.15) is 10.2 Å². The zero-order chi connectivity index (χ0) is 18.5. The monoisotopic (exact) mass is 353 g/mol. The van der Waals surface area contributed by atoms with Crippen LogP contribution in [-0.4, -0.2) is 32.4 Å². The molecule has 3 aromatic rings. The highest BCUT2D eigenvalue weighted by Crippen LogP contribution is 2.12. The van der Waals surface area contributed by atoms with Crippen LogP contribution in [0.15, 0.2) is 42.5 Å². The molecule has 0 bridgehead atoms. The van der Waals surface area contributed by atoms with E-state index in [0.717, 1.165) is 22.8 Å². The topological polar surface area (TPSA) is 84.8 Å². The second-order valence-electron chi connectivity index (χ2n) is 6.31. The molecule has 1 aromatic carbocycles. The van der Waals surface area contributed by atoms with Crippen molar-refractivity contribution in [2.24, 2.45) is 0 Å². The molecule has 0 aliphatic carbocycles. The molecule has 0 saturated heterocycles. The average molecular weight is 353 g/mol. The first-order chi connectivity index (χ1) is 12.5. The van der Waals surface area contributed by atoms with Crippen molar-refractivity contribution in [3.05, 3.63) is 65.2 Å². The molecule has 0 unspecified atom stereocenters. The van der Waals surface area contributed by atoms with E-state index in [4.69, 9.17) is 4.74 Å². The number of carbonyl (C=O) groups is 1. The minimum Gasteiger partial charge on any atom is -0.487 e. The van der Waals surface area contributed by atoms with E-state index in [1.165, 1.54) is 0 Å². The molecule has 0 saturated carbocycles. The zero-order valence-corrected chi connectivity index (χ0v) is 15.2. The fourth-order valence-electron chi connectivity index (χ4n) is 2.74. The zero-order valence-electron chi connectivity index (χ0n) is 15.2. The fourth-order valence-corrected chi connectivity index (χ4v) is 2.74. The molecular weight excluding hydrogens is 330 g/mol. The molecule has 7 heteroatoms. The predicted octanol–water partition coefficient (Wildman–Crippen LogP) is 2.79. The van der Waals surface area contributed by atoms with Crippen molar-refractivity contribution in [3.8, 4) is 5.75 Å². The average Bonchev–Trinajstić information content (AvgIpc) is 3.24. The SMILES string of the molecule is Cc1cc(C)n([C@@H](C)CNC(=O)c2cc(COc3ccccc3)[nH]n2)n1. The van der Waals surface area contributed by atoms with E-state index < -0.39 is 0 Å². The summed E-state index contributed by atoms with van der Waals surface area (Å²) in [6, 6.07) is 13.3. The number of hydrogen-bond acceptors (Lipinski definition) is 4. The molecule has 1 amide bonds. The van der Waals surface area contributed by atoms with Gasteiger partial charge in [0.15, 0.2) is 0 Å². The standard InChI is InChI=1S/C19H23N5O2/c1-13-9-14(2)24(23-13)15(3)11-20-19(25)18-10-16(21-22-18)12-26-17-7-5-4-6-8-17/h4-10,15H,11-12H2,1-3H3,(H,20,25)(H,21,22)/t15-/m0/s1. The van der Waals surface area contributed by atoms with Crippen LogP contribution in [0.5, 0.6) is 5.75 Å². The highest BCUT2D eigenvalue weighted by atomic mass is 16.5. The van der Waals surface area contributed by atoms with Crippen LogP contribution in [0.4, 0.5) is 0 Å². The predicted molar refractivity (Wildman–Crippen MR) is 98.1 cm³/mol. The third kappa shape index (κ3) is 4.30. The number of nitrogens with one attached hydrogen (secondary N) is 2. The van der Waals surface area contributed by atoms with Crippen molar-refractivity contribution in [2.75, 3.05) is 6.54 Å². The van der Waals surface area contributed by atoms with Crippen LogP contribution in [0.2, 0.25) is 0 Å². The Labute approximate surface area is 152 Å². The van der Waals surface area contributed by atoms with Gasteiger partial charge in [0.2, 0.25) is 0 Å². The van der Waals surface area contributed by atoms with Crippen LogP contribution >= 0.6 is 0 Å². The van der Waals surface area contributed by atoms with Gasteiger partial charge in [0.1, 0.15) is 18.1 Å². The summed E-state index contributed by atoms with van der Waals surface area (Å²) in [5, 5.41) is 14.2. The molecule has 0 radical (unpaired) electrons. The van der Waals surface area contributed by atoms with Gasteiger partial charge in [-0.3, -0.25) is 14.6 Å². The fraction of sp³-hybridized carbons (Fsp3) is 0.316. The highest BCUT2D eigenvalue weighted by Gasteiger charge is 2.14. The Morgan fingerprint density at radius 2 is 2.04 bits per heavy atom. The molecule has 0 spiro atoms. The van der Waals surface area contributed by atoms with Crippen molar-refractivity contribution < 1.29 is 9.53 Å². The Bertz CT molecular complexity index is 869. The Hall–Kier alpha value is -3.09. The van der Waals surface area contributed by atoms with Crippen molar-refractivity contribution in [1.29, 1.82) is 0 Å². The van der Waals surface area contributed by atoms with E-state index in [1.54, 1.807) is 6.07 Å². The van der Waals surface area contributed by atoms with Gasteiger partial charge in [0.25, 0.3) is 5.91 Å². The Morgan fingerprint density at radius 1 is 1.27 bits per heavy atom. The highest BCUT2D eigenvalue weighted by molar-refractivity contribution is 5.92. The summed E-state index contributed by atoms with van der Waals surface area (Å²) in [5.41, 5.74) is 3.13. The van der Waals surface area contributed by atoms with Crippen LogP contribution in [0.3, 0.4) is 0 Å². The lowest BCUT2D eigenvalue weighted by Gasteiger charge is -2.14. The molecule has 136 valence electrons. The molecule has 7 nitrogen and oxygen atoms in total. The molecule has 0 aliphatic rings. The van der Waals surface area contributed by atoms with E-state index in [-0.39, 0.29) is 11.9 Å². The van der Waals surface area contributed by atoms with Gasteiger partial charge < -0.3 is 10.1 Å². The van der Waals surface area contributed by atoms with Crippen LogP contribution in [-0.2, 0) is 6.61 Å². The van der Waals surface area contributed by atoms with Crippen molar-refractivity contribution >= 4 is 5.91 Å². The molecule has 1 atom stereocenters. The molecule has 0 fully saturated rings. The molecular formula is C19H23N5O2. The molecule has 2 aromatic heterocycles. The first-order valence-corrected chi connectivity index (χ1v) is 8.56. The van der Waals surface area contributed by atoms with Crippen LogP contribution in [0.25, 0.3) is 0 Å².